The van der Waals surface area contributed by atoms with Gasteiger partial charge in [-0.3, -0.25) is 4.79 Å². The highest BCUT2D eigenvalue weighted by Gasteiger charge is 2.14. The quantitative estimate of drug-likeness (QED) is 0.740. The molecule has 6 heteroatoms. The van der Waals surface area contributed by atoms with Crippen LogP contribution < -0.4 is 10.1 Å². The van der Waals surface area contributed by atoms with Crippen LogP contribution in [0.25, 0.3) is 5.69 Å². The summed E-state index contributed by atoms with van der Waals surface area (Å²) in [5, 5.41) is 7.15. The summed E-state index contributed by atoms with van der Waals surface area (Å²) in [5.41, 5.74) is 3.04. The molecule has 0 unspecified atom stereocenters. The third kappa shape index (κ3) is 3.91. The largest absolute Gasteiger partial charge is 0.497 e. The first kappa shape index (κ1) is 17.7. The Kier molecular flexibility index (Phi) is 5.31. The second-order valence-electron chi connectivity index (χ2n) is 5.89. The normalized spacial score (nSPS) is 10.6. The molecule has 5 nitrogen and oxygen atoms in total. The third-order valence-corrected chi connectivity index (χ3v) is 4.18. The number of carbonyl (C=O) groups is 1. The van der Waals surface area contributed by atoms with Gasteiger partial charge in [-0.1, -0.05) is 12.1 Å². The number of amides is 1. The monoisotopic (exact) mass is 353 g/mol. The van der Waals surface area contributed by atoms with Crippen LogP contribution in [0.2, 0.25) is 0 Å². The van der Waals surface area contributed by atoms with E-state index in [9.17, 15) is 9.18 Å². The molecule has 0 aliphatic carbocycles. The molecular formula is C20H20FN3O2. The molecule has 0 fully saturated rings. The van der Waals surface area contributed by atoms with Crippen molar-refractivity contribution in [2.45, 2.75) is 13.3 Å². The minimum Gasteiger partial charge on any atom is -0.497 e. The van der Waals surface area contributed by atoms with Crippen LogP contribution in [0.15, 0.2) is 54.7 Å². The third-order valence-electron chi connectivity index (χ3n) is 4.18. The average molecular weight is 353 g/mol. The average Bonchev–Trinajstić information content (AvgIpc) is 3.04. The zero-order valence-electron chi connectivity index (χ0n) is 14.7. The van der Waals surface area contributed by atoms with E-state index in [1.807, 2.05) is 31.2 Å². The van der Waals surface area contributed by atoms with Gasteiger partial charge in [-0.05, 0) is 55.3 Å². The fourth-order valence-corrected chi connectivity index (χ4v) is 2.68. The van der Waals surface area contributed by atoms with E-state index < -0.39 is 0 Å². The minimum atomic E-state index is -0.310. The van der Waals surface area contributed by atoms with Crippen LogP contribution in [0.4, 0.5) is 4.39 Å². The van der Waals surface area contributed by atoms with Crippen LogP contribution in [0, 0.1) is 12.7 Å². The lowest BCUT2D eigenvalue weighted by Gasteiger charge is -2.07. The summed E-state index contributed by atoms with van der Waals surface area (Å²) in [6.45, 7) is 2.33. The molecule has 1 amide bonds. The highest BCUT2D eigenvalue weighted by atomic mass is 19.1. The van der Waals surface area contributed by atoms with Gasteiger partial charge in [-0.2, -0.15) is 5.10 Å². The molecule has 0 atom stereocenters. The molecule has 0 radical (unpaired) electrons. The first-order valence-electron chi connectivity index (χ1n) is 8.30. The summed E-state index contributed by atoms with van der Waals surface area (Å²) < 4.78 is 19.8. The van der Waals surface area contributed by atoms with Gasteiger partial charge in [0.2, 0.25) is 0 Å². The number of methoxy groups -OCH3 is 1. The van der Waals surface area contributed by atoms with Gasteiger partial charge in [0.1, 0.15) is 11.6 Å². The smallest absolute Gasteiger partial charge is 0.254 e. The van der Waals surface area contributed by atoms with Crippen LogP contribution in [-0.4, -0.2) is 29.3 Å². The first-order chi connectivity index (χ1) is 12.6. The molecule has 26 heavy (non-hydrogen) atoms. The highest BCUT2D eigenvalue weighted by molar-refractivity contribution is 5.95. The van der Waals surface area contributed by atoms with Gasteiger partial charge in [0.05, 0.1) is 30.3 Å². The fraction of sp³-hybridized carbons (Fsp3) is 0.200. The number of hydrogen-bond acceptors (Lipinski definition) is 3. The van der Waals surface area contributed by atoms with Crippen molar-refractivity contribution in [1.29, 1.82) is 0 Å². The van der Waals surface area contributed by atoms with E-state index in [2.05, 4.69) is 10.4 Å². The van der Waals surface area contributed by atoms with Crippen molar-refractivity contribution in [2.24, 2.45) is 0 Å². The first-order valence-corrected chi connectivity index (χ1v) is 8.30. The van der Waals surface area contributed by atoms with Crippen LogP contribution in [0.1, 0.15) is 21.6 Å². The Morgan fingerprint density at radius 2 is 1.85 bits per heavy atom. The molecule has 134 valence electrons. The predicted octanol–water partition coefficient (Wildman–Crippen LogP) is 3.30. The number of rotatable bonds is 6. The molecule has 0 saturated heterocycles. The second-order valence-corrected chi connectivity index (χ2v) is 5.89. The summed E-state index contributed by atoms with van der Waals surface area (Å²) in [5.74, 6) is 0.320. The van der Waals surface area contributed by atoms with Crippen molar-refractivity contribution in [1.82, 2.24) is 15.1 Å². The number of nitrogens with one attached hydrogen (secondary N) is 1. The maximum absolute atomic E-state index is 13.1. The van der Waals surface area contributed by atoms with Gasteiger partial charge in [0.15, 0.2) is 0 Å². The molecule has 1 heterocycles. The topological polar surface area (TPSA) is 56.1 Å². The van der Waals surface area contributed by atoms with Gasteiger partial charge in [-0.15, -0.1) is 0 Å². The Hall–Kier alpha value is -3.15. The molecule has 0 spiro atoms. The molecule has 0 bridgehead atoms. The van der Waals surface area contributed by atoms with Crippen LogP contribution in [0.3, 0.4) is 0 Å². The summed E-state index contributed by atoms with van der Waals surface area (Å²) in [7, 11) is 1.63. The number of nitrogens with zero attached hydrogens (tertiary/aromatic N) is 2. The molecule has 0 saturated carbocycles. The van der Waals surface area contributed by atoms with E-state index in [1.54, 1.807) is 23.9 Å². The zero-order chi connectivity index (χ0) is 18.5. The predicted molar refractivity (Wildman–Crippen MR) is 97.3 cm³/mol. The maximum Gasteiger partial charge on any atom is 0.254 e. The standard InChI is InChI=1S/C20H20FN3O2/c1-14-19(13-23-24(14)17-7-5-16(21)6-8-17)20(25)22-12-11-15-3-9-18(26-2)10-4-15/h3-10,13H,11-12H2,1-2H3,(H,22,25). The fourth-order valence-electron chi connectivity index (χ4n) is 2.68. The molecule has 0 aliphatic heterocycles. The second kappa shape index (κ2) is 7.82. The Morgan fingerprint density at radius 1 is 1.15 bits per heavy atom. The van der Waals surface area contributed by atoms with Gasteiger partial charge in [0, 0.05) is 6.54 Å². The van der Waals surface area contributed by atoms with Crippen LogP contribution in [0.5, 0.6) is 5.75 Å². The maximum atomic E-state index is 13.1. The van der Waals surface area contributed by atoms with E-state index >= 15 is 0 Å². The van der Waals surface area contributed by atoms with Crippen molar-refractivity contribution in [3.63, 3.8) is 0 Å². The van der Waals surface area contributed by atoms with Crippen LogP contribution in [-0.2, 0) is 6.42 Å². The number of hydrogen-bond donors (Lipinski definition) is 1. The molecule has 3 rings (SSSR count). The Bertz CT molecular complexity index is 886. The molecule has 3 aromatic rings. The van der Waals surface area contributed by atoms with Gasteiger partial charge in [-0.25, -0.2) is 9.07 Å². The van der Waals surface area contributed by atoms with E-state index in [-0.39, 0.29) is 11.7 Å². The van der Waals surface area contributed by atoms with E-state index in [0.717, 1.165) is 17.7 Å². The van der Waals surface area contributed by atoms with Gasteiger partial charge in [0.25, 0.3) is 5.91 Å². The van der Waals surface area contributed by atoms with Crippen molar-refractivity contribution in [2.75, 3.05) is 13.7 Å². The van der Waals surface area contributed by atoms with Crippen molar-refractivity contribution < 1.29 is 13.9 Å². The number of benzene rings is 2. The number of aromatic nitrogens is 2. The summed E-state index contributed by atoms with van der Waals surface area (Å²) >= 11 is 0. The van der Waals surface area contributed by atoms with Crippen molar-refractivity contribution in [3.8, 4) is 11.4 Å². The number of carbonyl (C=O) groups excluding carboxylic acids is 1. The van der Waals surface area contributed by atoms with Crippen molar-refractivity contribution in [3.05, 3.63) is 77.4 Å². The number of ether oxygens (including phenoxy) is 1. The van der Waals surface area contributed by atoms with E-state index in [4.69, 9.17) is 4.74 Å². The molecule has 0 aliphatic rings. The summed E-state index contributed by atoms with van der Waals surface area (Å²) in [6, 6.07) is 13.7. The summed E-state index contributed by atoms with van der Waals surface area (Å²) in [4.78, 5) is 12.4. The molecule has 1 aromatic heterocycles. The Morgan fingerprint density at radius 3 is 2.50 bits per heavy atom. The lowest BCUT2D eigenvalue weighted by atomic mass is 10.1. The number of halogens is 1. The highest BCUT2D eigenvalue weighted by Crippen LogP contribution is 2.15. The summed E-state index contributed by atoms with van der Waals surface area (Å²) in [6.07, 6.45) is 2.25. The van der Waals surface area contributed by atoms with Crippen molar-refractivity contribution >= 4 is 5.91 Å². The van der Waals surface area contributed by atoms with Gasteiger partial charge >= 0.3 is 0 Å². The van der Waals surface area contributed by atoms with E-state index in [0.29, 0.717) is 23.5 Å². The van der Waals surface area contributed by atoms with Crippen LogP contribution >= 0.6 is 0 Å². The minimum absolute atomic E-state index is 0.177. The zero-order valence-corrected chi connectivity index (χ0v) is 14.7. The lowest BCUT2D eigenvalue weighted by molar-refractivity contribution is 0.0953. The lowest BCUT2D eigenvalue weighted by Crippen LogP contribution is -2.26. The Balaban J connectivity index is 1.62. The van der Waals surface area contributed by atoms with E-state index in [1.165, 1.54) is 18.3 Å². The van der Waals surface area contributed by atoms with Gasteiger partial charge < -0.3 is 10.1 Å². The molecular weight excluding hydrogens is 333 g/mol. The molecule has 2 aromatic carbocycles. The Labute approximate surface area is 151 Å². The SMILES string of the molecule is COc1ccc(CCNC(=O)c2cnn(-c3ccc(F)cc3)c2C)cc1. The molecule has 1 N–H and O–H groups in total.